The quantitative estimate of drug-likeness (QED) is 0.0508. The highest BCUT2D eigenvalue weighted by Gasteiger charge is 2.19. The number of aldehydes is 2. The fraction of sp³-hybridized carbons (Fsp3) is 0.118. The van der Waals surface area contributed by atoms with Gasteiger partial charge >= 0.3 is 5.97 Å². The molecule has 13 N–H and O–H groups in total. The van der Waals surface area contributed by atoms with Gasteiger partial charge in [0.25, 0.3) is 5.91 Å². The van der Waals surface area contributed by atoms with Gasteiger partial charge in [-0.2, -0.15) is 5.10 Å². The van der Waals surface area contributed by atoms with Crippen LogP contribution in [0.1, 0.15) is 31.8 Å². The molecule has 2 aromatic carbocycles. The smallest absolute Gasteiger partial charge is 0.337 e. The Labute approximate surface area is 301 Å². The summed E-state index contributed by atoms with van der Waals surface area (Å²) in [6.45, 7) is -0.197. The van der Waals surface area contributed by atoms with E-state index in [4.69, 9.17) is 32.8 Å². The molecular weight excluding hydrogens is 698 g/mol. The van der Waals surface area contributed by atoms with Crippen molar-refractivity contribution in [2.45, 2.75) is 6.42 Å². The zero-order valence-electron chi connectivity index (χ0n) is 28.4. The Morgan fingerprint density at radius 2 is 1.74 bits per heavy atom. The number of aromatic carboxylic acids is 1. The molecule has 0 aliphatic rings. The maximum atomic E-state index is 14.6. The van der Waals surface area contributed by atoms with Crippen LogP contribution in [0.3, 0.4) is 0 Å². The normalized spacial score (nSPS) is 11.6. The highest BCUT2D eigenvalue weighted by atomic mass is 19.1. The van der Waals surface area contributed by atoms with Crippen molar-refractivity contribution in [1.82, 2.24) is 19.7 Å². The van der Waals surface area contributed by atoms with Gasteiger partial charge in [-0.15, -0.1) is 0 Å². The molecule has 1 amide bonds. The number of carbonyl (C=O) groups is 4. The number of carboxylic acid groups (broad SMARTS) is 1. The Balaban J connectivity index is 0.000000542. The van der Waals surface area contributed by atoms with Crippen LogP contribution in [-0.2, 0) is 16.0 Å². The van der Waals surface area contributed by atoms with E-state index in [2.05, 4.69) is 25.8 Å². The molecule has 2 heterocycles. The second-order valence-electron chi connectivity index (χ2n) is 10.2. The van der Waals surface area contributed by atoms with Crippen LogP contribution in [0.15, 0.2) is 91.1 Å². The second kappa shape index (κ2) is 21.1. The van der Waals surface area contributed by atoms with Crippen LogP contribution in [0.5, 0.6) is 5.75 Å². The molecule has 0 radical (unpaired) electrons. The summed E-state index contributed by atoms with van der Waals surface area (Å²) < 4.78 is 35.8. The number of anilines is 2. The summed E-state index contributed by atoms with van der Waals surface area (Å²) in [5.41, 5.74) is 23.5. The lowest BCUT2D eigenvalue weighted by Crippen LogP contribution is -2.21. The number of carboxylic acids is 1. The molecule has 0 spiro atoms. The molecule has 0 atom stereocenters. The van der Waals surface area contributed by atoms with Gasteiger partial charge in [-0.3, -0.25) is 24.0 Å². The standard InChI is InChI=1S/C25H24F2N6O5.C8H10N4O.CH4O/c1-30-20-9-14(17(26)8-15(20)12-34)4-7-38-22-11-21(16(25(36)37)10-18(22)27)32-24(35)19(28)2-3-23(29)33-6-5-31-13-33;9-7(5-13)1-2-8(10)6-3-11-12-4-6;1-2/h2-3,5-6,8-13,30H,4,7,28-29H2,1H3,(H,32,35)(H,36,37);1-5H,9-10H2,(H,11,12);2H,1H3/b19-2-,23-3+;7-1-,8-2-;. The summed E-state index contributed by atoms with van der Waals surface area (Å²) >= 11 is 0. The lowest BCUT2D eigenvalue weighted by Gasteiger charge is -2.14. The maximum absolute atomic E-state index is 14.6. The van der Waals surface area contributed by atoms with Crippen molar-refractivity contribution in [1.29, 1.82) is 0 Å². The number of carbonyl (C=O) groups excluding carboxylic acids is 3. The Kier molecular flexibility index (Phi) is 16.6. The van der Waals surface area contributed by atoms with Gasteiger partial charge in [0.05, 0.1) is 35.4 Å². The minimum atomic E-state index is -1.51. The summed E-state index contributed by atoms with van der Waals surface area (Å²) in [4.78, 5) is 49.2. The van der Waals surface area contributed by atoms with Gasteiger partial charge in [0.1, 0.15) is 18.0 Å². The molecule has 53 heavy (non-hydrogen) atoms. The first-order valence-corrected chi connectivity index (χ1v) is 15.1. The molecule has 0 aliphatic carbocycles. The van der Waals surface area contributed by atoms with E-state index in [1.165, 1.54) is 41.4 Å². The number of aliphatic hydroxyl groups is 1. The molecule has 17 nitrogen and oxygen atoms in total. The molecule has 2 aromatic heterocycles. The first-order chi connectivity index (χ1) is 25.4. The van der Waals surface area contributed by atoms with Crippen LogP contribution in [-0.4, -0.2) is 75.2 Å². The van der Waals surface area contributed by atoms with Crippen LogP contribution in [0, 0.1) is 11.6 Å². The van der Waals surface area contributed by atoms with Crippen molar-refractivity contribution < 1.29 is 42.9 Å². The zero-order valence-corrected chi connectivity index (χ0v) is 28.4. The molecule has 0 aliphatic heterocycles. The van der Waals surface area contributed by atoms with E-state index in [0.717, 1.165) is 24.8 Å². The van der Waals surface area contributed by atoms with Gasteiger partial charge in [-0.25, -0.2) is 18.6 Å². The number of H-pyrrole nitrogens is 1. The summed E-state index contributed by atoms with van der Waals surface area (Å²) in [6.07, 6.45) is 14.3. The molecule has 0 bridgehead atoms. The van der Waals surface area contributed by atoms with Gasteiger partial charge < -0.3 is 48.5 Å². The lowest BCUT2D eigenvalue weighted by atomic mass is 10.1. The second-order valence-corrected chi connectivity index (χ2v) is 10.2. The van der Waals surface area contributed by atoms with E-state index in [-0.39, 0.29) is 52.8 Å². The summed E-state index contributed by atoms with van der Waals surface area (Å²) in [5, 5.41) is 27.9. The Morgan fingerprint density at radius 3 is 2.32 bits per heavy atom. The van der Waals surface area contributed by atoms with Crippen molar-refractivity contribution in [2.75, 3.05) is 31.4 Å². The zero-order chi connectivity index (χ0) is 39.5. The van der Waals surface area contributed by atoms with Gasteiger partial charge in [0.2, 0.25) is 0 Å². The first-order valence-electron chi connectivity index (χ1n) is 15.1. The van der Waals surface area contributed by atoms with Crippen molar-refractivity contribution in [3.8, 4) is 5.75 Å². The Hall–Kier alpha value is -7.28. The topological polar surface area (TPSA) is 293 Å². The number of amides is 1. The number of allylic oxidation sites excluding steroid dienone is 5. The van der Waals surface area contributed by atoms with Gasteiger partial charge in [0, 0.05) is 67.7 Å². The number of halogens is 2. The van der Waals surface area contributed by atoms with Crippen molar-refractivity contribution in [3.05, 3.63) is 125 Å². The van der Waals surface area contributed by atoms with E-state index in [9.17, 15) is 33.1 Å². The number of nitrogens with two attached hydrogens (primary N) is 4. The predicted molar refractivity (Wildman–Crippen MR) is 193 cm³/mol. The summed E-state index contributed by atoms with van der Waals surface area (Å²) in [5.74, 6) is -4.20. The molecule has 0 saturated heterocycles. The van der Waals surface area contributed by atoms with Crippen molar-refractivity contribution in [2.24, 2.45) is 22.9 Å². The van der Waals surface area contributed by atoms with Crippen LogP contribution < -0.4 is 38.3 Å². The van der Waals surface area contributed by atoms with E-state index in [1.807, 2.05) is 0 Å². The minimum absolute atomic E-state index is 0.00181. The van der Waals surface area contributed by atoms with E-state index in [0.29, 0.717) is 30.0 Å². The largest absolute Gasteiger partial charge is 0.490 e. The minimum Gasteiger partial charge on any atom is -0.490 e. The summed E-state index contributed by atoms with van der Waals surface area (Å²) in [7, 11) is 2.57. The number of hydrogen-bond donors (Lipinski definition) is 9. The number of ether oxygens (including phenoxy) is 1. The highest BCUT2D eigenvalue weighted by Crippen LogP contribution is 2.28. The van der Waals surface area contributed by atoms with Gasteiger partial charge in [0.15, 0.2) is 24.1 Å². The third-order valence-electron chi connectivity index (χ3n) is 6.72. The predicted octanol–water partition coefficient (Wildman–Crippen LogP) is 1.93. The third kappa shape index (κ3) is 12.5. The van der Waals surface area contributed by atoms with Crippen LogP contribution in [0.2, 0.25) is 0 Å². The molecule has 4 aromatic rings. The van der Waals surface area contributed by atoms with Crippen LogP contribution in [0.4, 0.5) is 20.2 Å². The number of rotatable bonds is 14. The molecule has 0 saturated carbocycles. The number of benzene rings is 2. The molecule has 0 unspecified atom stereocenters. The van der Waals surface area contributed by atoms with Crippen molar-refractivity contribution in [3.63, 3.8) is 0 Å². The molecule has 4 rings (SSSR count). The maximum Gasteiger partial charge on any atom is 0.337 e. The SMILES string of the molecule is CNc1cc(CCOc2cc(NC(=O)/C(N)=C/C=C(\N)n3ccnc3)c(C(=O)O)cc2F)c(F)cc1C=O.CO.N/C(C=O)=C\C=C(/N)c1cn[nH]c1. The van der Waals surface area contributed by atoms with Gasteiger partial charge in [-0.05, 0) is 48.1 Å². The first kappa shape index (κ1) is 41.9. The van der Waals surface area contributed by atoms with E-state index >= 15 is 0 Å². The average molecular weight is 737 g/mol. The molecule has 0 fully saturated rings. The fourth-order valence-electron chi connectivity index (χ4n) is 4.03. The van der Waals surface area contributed by atoms with Crippen LogP contribution in [0.25, 0.3) is 11.5 Å². The van der Waals surface area contributed by atoms with Gasteiger partial charge in [-0.1, -0.05) is 0 Å². The molecule has 280 valence electrons. The number of aromatic nitrogens is 4. The van der Waals surface area contributed by atoms with E-state index in [1.54, 1.807) is 31.7 Å². The van der Waals surface area contributed by atoms with Crippen molar-refractivity contribution >= 4 is 47.3 Å². The summed E-state index contributed by atoms with van der Waals surface area (Å²) in [6, 6.07) is 4.18. The number of nitrogens with zero attached hydrogens (tertiary/aromatic N) is 3. The van der Waals surface area contributed by atoms with Crippen LogP contribution >= 0.6 is 0 Å². The lowest BCUT2D eigenvalue weighted by molar-refractivity contribution is -0.113. The number of hydrogen-bond acceptors (Lipinski definition) is 13. The molecule has 19 heteroatoms. The number of imidazole rings is 1. The monoisotopic (exact) mass is 736 g/mol. The highest BCUT2D eigenvalue weighted by molar-refractivity contribution is 6.07. The number of aliphatic hydroxyl groups excluding tert-OH is 1. The number of nitrogens with one attached hydrogen (secondary N) is 3. The Morgan fingerprint density at radius 1 is 1.00 bits per heavy atom. The van der Waals surface area contributed by atoms with E-state index < -0.39 is 29.1 Å². The molecular formula is C34H38F2N10O7. The average Bonchev–Trinajstić information content (AvgIpc) is 3.91. The number of aromatic amines is 1. The fourth-order valence-corrected chi connectivity index (χ4v) is 4.03. The third-order valence-corrected chi connectivity index (χ3v) is 6.72. The Bertz CT molecular complexity index is 1990.